The molecule has 0 saturated heterocycles. The van der Waals surface area contributed by atoms with Gasteiger partial charge in [-0.25, -0.2) is 4.79 Å². The lowest BCUT2D eigenvalue weighted by Crippen LogP contribution is -2.02. The second-order valence-electron chi connectivity index (χ2n) is 4.18. The largest absolute Gasteiger partial charge is 0.465 e. The second-order valence-corrected chi connectivity index (χ2v) is 4.18. The van der Waals surface area contributed by atoms with E-state index in [1.54, 1.807) is 30.3 Å². The van der Waals surface area contributed by atoms with Gasteiger partial charge in [-0.15, -0.1) is 0 Å². The number of hydrogen-bond acceptors (Lipinski definition) is 3. The van der Waals surface area contributed by atoms with Gasteiger partial charge in [-0.2, -0.15) is 0 Å². The third kappa shape index (κ3) is 3.42. The molecule has 3 nitrogen and oxygen atoms in total. The Morgan fingerprint density at radius 1 is 0.900 bits per heavy atom. The monoisotopic (exact) mass is 266 g/mol. The fourth-order valence-electron chi connectivity index (χ4n) is 1.72. The maximum absolute atomic E-state index is 12.0. The van der Waals surface area contributed by atoms with Crippen LogP contribution in [-0.2, 0) is 4.74 Å². The van der Waals surface area contributed by atoms with Gasteiger partial charge in [0.2, 0.25) is 0 Å². The van der Waals surface area contributed by atoms with E-state index >= 15 is 0 Å². The number of esters is 1. The van der Waals surface area contributed by atoms with E-state index in [1.165, 1.54) is 13.2 Å². The van der Waals surface area contributed by atoms with Gasteiger partial charge >= 0.3 is 5.97 Å². The van der Waals surface area contributed by atoms with Crippen LogP contribution in [0.15, 0.2) is 60.7 Å². The Bertz CT molecular complexity index is 625. The summed E-state index contributed by atoms with van der Waals surface area (Å²) in [7, 11) is 1.32. The molecule has 0 spiro atoms. The van der Waals surface area contributed by atoms with Crippen molar-refractivity contribution in [2.75, 3.05) is 7.11 Å². The van der Waals surface area contributed by atoms with Crippen LogP contribution in [0.5, 0.6) is 0 Å². The standard InChI is InChI=1S/C17H14O3/c1-20-17(19)15-10-8-14(9-11-15)16(18)12-7-13-5-3-2-4-6-13/h2-12H,1H3. The van der Waals surface area contributed by atoms with Crippen molar-refractivity contribution < 1.29 is 14.3 Å². The lowest BCUT2D eigenvalue weighted by atomic mass is 10.1. The van der Waals surface area contributed by atoms with Gasteiger partial charge in [0, 0.05) is 5.56 Å². The highest BCUT2D eigenvalue weighted by Gasteiger charge is 2.06. The van der Waals surface area contributed by atoms with Crippen LogP contribution in [-0.4, -0.2) is 18.9 Å². The Hall–Kier alpha value is -2.68. The van der Waals surface area contributed by atoms with Crippen molar-refractivity contribution in [3.8, 4) is 0 Å². The fourth-order valence-corrected chi connectivity index (χ4v) is 1.72. The summed E-state index contributed by atoms with van der Waals surface area (Å²) in [4.78, 5) is 23.2. The molecule has 0 aliphatic rings. The highest BCUT2D eigenvalue weighted by Crippen LogP contribution is 2.08. The van der Waals surface area contributed by atoms with Crippen LogP contribution in [0.25, 0.3) is 6.08 Å². The predicted molar refractivity (Wildman–Crippen MR) is 77.6 cm³/mol. The summed E-state index contributed by atoms with van der Waals surface area (Å²) in [6.45, 7) is 0. The number of methoxy groups -OCH3 is 1. The second kappa shape index (κ2) is 6.48. The molecule has 0 amide bonds. The van der Waals surface area contributed by atoms with Gasteiger partial charge in [-0.1, -0.05) is 48.5 Å². The fraction of sp³-hybridized carbons (Fsp3) is 0.0588. The summed E-state index contributed by atoms with van der Waals surface area (Å²) in [6, 6.07) is 16.0. The molecule has 0 atom stereocenters. The van der Waals surface area contributed by atoms with Crippen molar-refractivity contribution in [1.82, 2.24) is 0 Å². The summed E-state index contributed by atoms with van der Waals surface area (Å²) >= 11 is 0. The van der Waals surface area contributed by atoms with Gasteiger partial charge in [-0.05, 0) is 23.8 Å². The van der Waals surface area contributed by atoms with Crippen LogP contribution >= 0.6 is 0 Å². The minimum Gasteiger partial charge on any atom is -0.465 e. The van der Waals surface area contributed by atoms with E-state index in [0.717, 1.165) is 5.56 Å². The van der Waals surface area contributed by atoms with E-state index in [1.807, 2.05) is 30.3 Å². The van der Waals surface area contributed by atoms with Crippen LogP contribution in [0.2, 0.25) is 0 Å². The molecule has 100 valence electrons. The number of rotatable bonds is 4. The van der Waals surface area contributed by atoms with Gasteiger partial charge in [0.15, 0.2) is 5.78 Å². The molecule has 20 heavy (non-hydrogen) atoms. The quantitative estimate of drug-likeness (QED) is 0.484. The molecule has 0 fully saturated rings. The molecule has 2 rings (SSSR count). The highest BCUT2D eigenvalue weighted by atomic mass is 16.5. The number of allylic oxidation sites excluding steroid dienone is 1. The molecular formula is C17H14O3. The van der Waals surface area contributed by atoms with Crippen LogP contribution in [0, 0.1) is 0 Å². The Morgan fingerprint density at radius 2 is 1.50 bits per heavy atom. The Balaban J connectivity index is 2.10. The van der Waals surface area contributed by atoms with E-state index in [0.29, 0.717) is 11.1 Å². The number of ketones is 1. The summed E-state index contributed by atoms with van der Waals surface area (Å²) in [5, 5.41) is 0. The third-order valence-corrected chi connectivity index (χ3v) is 2.82. The molecule has 0 bridgehead atoms. The van der Waals surface area contributed by atoms with E-state index < -0.39 is 5.97 Å². The number of hydrogen-bond donors (Lipinski definition) is 0. The normalized spacial score (nSPS) is 10.4. The van der Waals surface area contributed by atoms with Crippen molar-refractivity contribution in [3.63, 3.8) is 0 Å². The number of carbonyl (C=O) groups excluding carboxylic acids is 2. The van der Waals surface area contributed by atoms with E-state index in [4.69, 9.17) is 0 Å². The first kappa shape index (κ1) is 13.7. The SMILES string of the molecule is COC(=O)c1ccc(C(=O)C=Cc2ccccc2)cc1. The molecular weight excluding hydrogens is 252 g/mol. The Labute approximate surface area is 117 Å². The molecule has 0 aromatic heterocycles. The topological polar surface area (TPSA) is 43.4 Å². The minimum absolute atomic E-state index is 0.106. The molecule has 0 radical (unpaired) electrons. The summed E-state index contributed by atoms with van der Waals surface area (Å²) in [5.41, 5.74) is 1.92. The van der Waals surface area contributed by atoms with Gasteiger partial charge in [0.25, 0.3) is 0 Å². The zero-order valence-electron chi connectivity index (χ0n) is 11.1. The number of carbonyl (C=O) groups is 2. The van der Waals surface area contributed by atoms with Gasteiger partial charge in [-0.3, -0.25) is 4.79 Å². The number of benzene rings is 2. The third-order valence-electron chi connectivity index (χ3n) is 2.82. The Kier molecular flexibility index (Phi) is 4.45. The molecule has 0 aliphatic heterocycles. The van der Waals surface area contributed by atoms with E-state index in [2.05, 4.69) is 4.74 Å². The van der Waals surface area contributed by atoms with Crippen LogP contribution in [0.3, 0.4) is 0 Å². The van der Waals surface area contributed by atoms with Gasteiger partial charge in [0.1, 0.15) is 0 Å². The van der Waals surface area contributed by atoms with Crippen LogP contribution in [0.4, 0.5) is 0 Å². The lowest BCUT2D eigenvalue weighted by molar-refractivity contribution is 0.0600. The average Bonchev–Trinajstić information content (AvgIpc) is 2.53. The maximum Gasteiger partial charge on any atom is 0.337 e. The first-order valence-electron chi connectivity index (χ1n) is 6.16. The predicted octanol–water partition coefficient (Wildman–Crippen LogP) is 3.37. The molecule has 3 heteroatoms. The van der Waals surface area contributed by atoms with Crippen LogP contribution in [0.1, 0.15) is 26.3 Å². The maximum atomic E-state index is 12.0. The molecule has 0 saturated carbocycles. The van der Waals surface area contributed by atoms with E-state index in [9.17, 15) is 9.59 Å². The molecule has 2 aromatic rings. The zero-order chi connectivity index (χ0) is 14.4. The summed E-state index contributed by atoms with van der Waals surface area (Å²) < 4.78 is 4.60. The molecule has 0 heterocycles. The van der Waals surface area contributed by atoms with Crippen molar-refractivity contribution in [1.29, 1.82) is 0 Å². The van der Waals surface area contributed by atoms with Gasteiger partial charge < -0.3 is 4.74 Å². The summed E-state index contributed by atoms with van der Waals surface area (Å²) in [6.07, 6.45) is 3.28. The zero-order valence-corrected chi connectivity index (χ0v) is 11.1. The van der Waals surface area contributed by atoms with Gasteiger partial charge in [0.05, 0.1) is 12.7 Å². The molecule has 0 aliphatic carbocycles. The van der Waals surface area contributed by atoms with Crippen molar-refractivity contribution >= 4 is 17.8 Å². The first-order chi connectivity index (χ1) is 9.70. The Morgan fingerprint density at radius 3 is 2.10 bits per heavy atom. The minimum atomic E-state index is -0.413. The van der Waals surface area contributed by atoms with Crippen molar-refractivity contribution in [2.24, 2.45) is 0 Å². The average molecular weight is 266 g/mol. The highest BCUT2D eigenvalue weighted by molar-refractivity contribution is 6.07. The van der Waals surface area contributed by atoms with E-state index in [-0.39, 0.29) is 5.78 Å². The molecule has 0 N–H and O–H groups in total. The summed E-state index contributed by atoms with van der Waals surface area (Å²) in [5.74, 6) is -0.519. The van der Waals surface area contributed by atoms with Crippen molar-refractivity contribution in [2.45, 2.75) is 0 Å². The molecule has 0 unspecified atom stereocenters. The smallest absolute Gasteiger partial charge is 0.337 e. The lowest BCUT2D eigenvalue weighted by Gasteiger charge is -2.00. The van der Waals surface area contributed by atoms with Crippen molar-refractivity contribution in [3.05, 3.63) is 77.4 Å². The first-order valence-corrected chi connectivity index (χ1v) is 6.16. The number of ether oxygens (including phenoxy) is 1. The molecule has 2 aromatic carbocycles. The van der Waals surface area contributed by atoms with Crippen LogP contribution < -0.4 is 0 Å².